The molecule has 1 saturated heterocycles. The summed E-state index contributed by atoms with van der Waals surface area (Å²) in [7, 11) is 0. The first kappa shape index (κ1) is 22.9. The molecule has 31 heavy (non-hydrogen) atoms. The van der Waals surface area contributed by atoms with Crippen molar-refractivity contribution in [2.24, 2.45) is 0 Å². The van der Waals surface area contributed by atoms with Crippen LogP contribution in [0.25, 0.3) is 0 Å². The van der Waals surface area contributed by atoms with Crippen LogP contribution < -0.4 is 19.5 Å². The number of benzene rings is 1. The average molecular weight is 447 g/mol. The van der Waals surface area contributed by atoms with Crippen LogP contribution in [-0.2, 0) is 0 Å². The summed E-state index contributed by atoms with van der Waals surface area (Å²) in [5.74, 6) is 1.39. The number of hydrogen-bond acceptors (Lipinski definition) is 6. The predicted molar refractivity (Wildman–Crippen MR) is 121 cm³/mol. The molecule has 2 amide bonds. The number of amides is 2. The molecule has 0 saturated carbocycles. The quantitative estimate of drug-likeness (QED) is 0.631. The number of carbonyl (C=O) groups excluding carboxylic acids is 2. The van der Waals surface area contributed by atoms with Crippen molar-refractivity contribution in [1.29, 1.82) is 0 Å². The van der Waals surface area contributed by atoms with Gasteiger partial charge in [-0.25, -0.2) is 0 Å². The Morgan fingerprint density at radius 3 is 2.16 bits per heavy atom. The number of carbonyl (C=O) groups is 2. The molecule has 1 aromatic carbocycles. The number of nitrogens with one attached hydrogen (secondary N) is 1. The van der Waals surface area contributed by atoms with Gasteiger partial charge in [-0.1, -0.05) is 6.07 Å². The third kappa shape index (κ3) is 5.70. The molecular weight excluding hydrogens is 416 g/mol. The second-order valence-corrected chi connectivity index (χ2v) is 8.07. The fraction of sp³-hybridized carbons (Fsp3) is 0.478. The second kappa shape index (κ2) is 11.0. The molecule has 168 valence electrons. The van der Waals surface area contributed by atoms with Gasteiger partial charge in [-0.2, -0.15) is 0 Å². The summed E-state index contributed by atoms with van der Waals surface area (Å²) in [6, 6.07) is 7.13. The van der Waals surface area contributed by atoms with Gasteiger partial charge in [-0.05, 0) is 57.2 Å². The number of ether oxygens (including phenoxy) is 3. The Kier molecular flexibility index (Phi) is 8.17. The largest absolute Gasteiger partial charge is 0.490 e. The summed E-state index contributed by atoms with van der Waals surface area (Å²) in [4.78, 5) is 28.1. The summed E-state index contributed by atoms with van der Waals surface area (Å²) in [6.45, 7) is 8.28. The third-order valence-electron chi connectivity index (χ3n) is 5.02. The van der Waals surface area contributed by atoms with Crippen molar-refractivity contribution in [2.75, 3.05) is 32.9 Å². The summed E-state index contributed by atoms with van der Waals surface area (Å²) >= 11 is 1.45. The average Bonchev–Trinajstić information content (AvgIpc) is 3.31. The molecule has 1 N–H and O–H groups in total. The van der Waals surface area contributed by atoms with E-state index in [1.165, 1.54) is 11.3 Å². The van der Waals surface area contributed by atoms with E-state index in [2.05, 4.69) is 5.32 Å². The van der Waals surface area contributed by atoms with Crippen LogP contribution >= 0.6 is 11.3 Å². The van der Waals surface area contributed by atoms with Gasteiger partial charge in [0.15, 0.2) is 11.5 Å². The molecule has 1 fully saturated rings. The second-order valence-electron chi connectivity index (χ2n) is 7.12. The first-order valence-corrected chi connectivity index (χ1v) is 11.6. The third-order valence-corrected chi connectivity index (χ3v) is 5.88. The van der Waals surface area contributed by atoms with Crippen molar-refractivity contribution in [2.45, 2.75) is 39.7 Å². The van der Waals surface area contributed by atoms with Gasteiger partial charge < -0.3 is 24.4 Å². The van der Waals surface area contributed by atoms with Crippen LogP contribution in [0, 0.1) is 0 Å². The monoisotopic (exact) mass is 446 g/mol. The molecule has 0 atom stereocenters. The Balaban J connectivity index is 1.66. The number of likely N-dealkylation sites (tertiary alicyclic amines) is 1. The minimum Gasteiger partial charge on any atom is -0.490 e. The molecule has 7 nitrogen and oxygen atoms in total. The maximum absolute atomic E-state index is 13.0. The van der Waals surface area contributed by atoms with Gasteiger partial charge in [0.1, 0.15) is 0 Å². The van der Waals surface area contributed by atoms with Crippen molar-refractivity contribution >= 4 is 23.2 Å². The van der Waals surface area contributed by atoms with E-state index in [4.69, 9.17) is 14.2 Å². The molecule has 0 radical (unpaired) electrons. The van der Waals surface area contributed by atoms with E-state index in [0.717, 1.165) is 17.7 Å². The molecule has 1 aliphatic heterocycles. The zero-order chi connectivity index (χ0) is 22.2. The van der Waals surface area contributed by atoms with Gasteiger partial charge in [-0.3, -0.25) is 9.59 Å². The molecule has 8 heteroatoms. The lowest BCUT2D eigenvalue weighted by atomic mass is 10.0. The number of rotatable bonds is 9. The standard InChI is InChI=1S/C23H30N2O5S/c1-4-28-18-14-16(15-19(29-5-2)21(18)30-6-3)22(26)24-17-9-11-25(12-10-17)23(27)20-8-7-13-31-20/h7-8,13-15,17H,4-6,9-12H2,1-3H3,(H,24,26). The van der Waals surface area contributed by atoms with Crippen molar-refractivity contribution in [3.8, 4) is 17.2 Å². The maximum Gasteiger partial charge on any atom is 0.263 e. The number of hydrogen-bond donors (Lipinski definition) is 1. The van der Waals surface area contributed by atoms with E-state index < -0.39 is 0 Å². The Hall–Kier alpha value is -2.74. The maximum atomic E-state index is 13.0. The highest BCUT2D eigenvalue weighted by atomic mass is 32.1. The van der Waals surface area contributed by atoms with Crippen molar-refractivity contribution in [1.82, 2.24) is 10.2 Å². The summed E-state index contributed by atoms with van der Waals surface area (Å²) in [5.41, 5.74) is 0.465. The Bertz CT molecular complexity index is 849. The fourth-order valence-electron chi connectivity index (χ4n) is 3.57. The van der Waals surface area contributed by atoms with Crippen molar-refractivity contribution in [3.05, 3.63) is 40.1 Å². The number of thiophene rings is 1. The lowest BCUT2D eigenvalue weighted by Crippen LogP contribution is -2.46. The van der Waals surface area contributed by atoms with E-state index in [1.807, 2.05) is 43.2 Å². The van der Waals surface area contributed by atoms with E-state index in [-0.39, 0.29) is 17.9 Å². The van der Waals surface area contributed by atoms with Crippen LogP contribution in [0.1, 0.15) is 53.6 Å². The molecule has 0 bridgehead atoms. The van der Waals surface area contributed by atoms with Crippen LogP contribution in [-0.4, -0.2) is 55.7 Å². The van der Waals surface area contributed by atoms with E-state index in [1.54, 1.807) is 12.1 Å². The Morgan fingerprint density at radius 2 is 1.65 bits per heavy atom. The molecule has 2 heterocycles. The van der Waals surface area contributed by atoms with Gasteiger partial charge in [0, 0.05) is 24.7 Å². The Morgan fingerprint density at radius 1 is 1.03 bits per heavy atom. The molecule has 1 aromatic heterocycles. The van der Waals surface area contributed by atoms with Crippen molar-refractivity contribution in [3.63, 3.8) is 0 Å². The van der Waals surface area contributed by atoms with Gasteiger partial charge in [0.05, 0.1) is 24.7 Å². The summed E-state index contributed by atoms with van der Waals surface area (Å²) in [5, 5.41) is 5.00. The molecule has 0 unspecified atom stereocenters. The molecule has 3 rings (SSSR count). The van der Waals surface area contributed by atoms with Crippen LogP contribution in [0.3, 0.4) is 0 Å². The lowest BCUT2D eigenvalue weighted by Gasteiger charge is -2.32. The first-order valence-electron chi connectivity index (χ1n) is 10.8. The molecule has 0 aliphatic carbocycles. The Labute approximate surface area is 187 Å². The minimum atomic E-state index is -0.187. The van der Waals surface area contributed by atoms with E-state index in [9.17, 15) is 9.59 Å². The van der Waals surface area contributed by atoms with Gasteiger partial charge in [-0.15, -0.1) is 11.3 Å². The van der Waals surface area contributed by atoms with Crippen LogP contribution in [0.4, 0.5) is 0 Å². The zero-order valence-electron chi connectivity index (χ0n) is 18.3. The molecule has 2 aromatic rings. The van der Waals surface area contributed by atoms with Crippen LogP contribution in [0.15, 0.2) is 29.6 Å². The number of nitrogens with zero attached hydrogens (tertiary/aromatic N) is 1. The predicted octanol–water partition coefficient (Wildman–Crippen LogP) is 3.98. The lowest BCUT2D eigenvalue weighted by molar-refractivity contribution is 0.0702. The summed E-state index contributed by atoms with van der Waals surface area (Å²) in [6.07, 6.45) is 1.44. The highest BCUT2D eigenvalue weighted by Crippen LogP contribution is 2.39. The fourth-order valence-corrected chi connectivity index (χ4v) is 4.26. The van der Waals surface area contributed by atoms with Crippen LogP contribution in [0.2, 0.25) is 0 Å². The highest BCUT2D eigenvalue weighted by molar-refractivity contribution is 7.12. The highest BCUT2D eigenvalue weighted by Gasteiger charge is 2.26. The minimum absolute atomic E-state index is 0.0116. The van der Waals surface area contributed by atoms with E-state index >= 15 is 0 Å². The molecular formula is C23H30N2O5S. The summed E-state index contributed by atoms with van der Waals surface area (Å²) < 4.78 is 17.1. The first-order chi connectivity index (χ1) is 15.1. The topological polar surface area (TPSA) is 77.1 Å². The number of piperidine rings is 1. The van der Waals surface area contributed by atoms with Crippen molar-refractivity contribution < 1.29 is 23.8 Å². The van der Waals surface area contributed by atoms with Gasteiger partial charge >= 0.3 is 0 Å². The van der Waals surface area contributed by atoms with Gasteiger partial charge in [0.2, 0.25) is 5.75 Å². The molecule has 0 spiro atoms. The van der Waals surface area contributed by atoms with Gasteiger partial charge in [0.25, 0.3) is 11.8 Å². The van der Waals surface area contributed by atoms with E-state index in [0.29, 0.717) is 55.7 Å². The van der Waals surface area contributed by atoms with Crippen LogP contribution in [0.5, 0.6) is 17.2 Å². The normalized spacial score (nSPS) is 14.2. The molecule has 1 aliphatic rings. The SMILES string of the molecule is CCOc1cc(C(=O)NC2CCN(C(=O)c3cccs3)CC2)cc(OCC)c1OCC. The zero-order valence-corrected chi connectivity index (χ0v) is 19.1. The smallest absolute Gasteiger partial charge is 0.263 e.